The van der Waals surface area contributed by atoms with E-state index in [9.17, 15) is 5.11 Å². The average molecular weight is 257 g/mol. The van der Waals surface area contributed by atoms with Crippen molar-refractivity contribution in [3.63, 3.8) is 0 Å². The van der Waals surface area contributed by atoms with Gasteiger partial charge in [0, 0.05) is 25.5 Å². The zero-order chi connectivity index (χ0) is 13.4. The fourth-order valence-electron chi connectivity index (χ4n) is 2.95. The first kappa shape index (κ1) is 12.2. The lowest BCUT2D eigenvalue weighted by Gasteiger charge is -2.24. The second kappa shape index (κ2) is 4.70. The summed E-state index contributed by atoms with van der Waals surface area (Å²) >= 11 is 0. The van der Waals surface area contributed by atoms with Gasteiger partial charge in [-0.1, -0.05) is 12.1 Å². The van der Waals surface area contributed by atoms with Crippen LogP contribution in [0.2, 0.25) is 0 Å². The monoisotopic (exact) mass is 257 g/mol. The van der Waals surface area contributed by atoms with E-state index in [0.29, 0.717) is 11.8 Å². The zero-order valence-electron chi connectivity index (χ0n) is 11.4. The minimum absolute atomic E-state index is 0.374. The Morgan fingerprint density at radius 1 is 1.47 bits per heavy atom. The van der Waals surface area contributed by atoms with Gasteiger partial charge in [0.25, 0.3) is 0 Å². The van der Waals surface area contributed by atoms with E-state index in [1.807, 2.05) is 25.5 Å². The van der Waals surface area contributed by atoms with Crippen LogP contribution in [0.1, 0.15) is 29.4 Å². The second-order valence-electron chi connectivity index (χ2n) is 5.27. The van der Waals surface area contributed by atoms with Crippen molar-refractivity contribution in [3.05, 3.63) is 47.5 Å². The van der Waals surface area contributed by atoms with Gasteiger partial charge in [-0.3, -0.25) is 4.90 Å². The number of phenolic OH excluding ortho intramolecular Hbond substituents is 1. The highest BCUT2D eigenvalue weighted by atomic mass is 16.3. The largest absolute Gasteiger partial charge is 0.508 e. The molecule has 1 N–H and O–H groups in total. The molecule has 0 amide bonds. The van der Waals surface area contributed by atoms with Crippen molar-refractivity contribution in [1.29, 1.82) is 0 Å². The maximum Gasteiger partial charge on any atom is 0.122 e. The van der Waals surface area contributed by atoms with Gasteiger partial charge in [-0.25, -0.2) is 4.98 Å². The number of phenols is 1. The van der Waals surface area contributed by atoms with E-state index >= 15 is 0 Å². The van der Waals surface area contributed by atoms with E-state index in [-0.39, 0.29) is 0 Å². The molecule has 1 unspecified atom stereocenters. The number of aryl methyl sites for hydroxylation is 1. The number of fused-ring (bicyclic) bond motifs is 1. The molecule has 0 radical (unpaired) electrons. The Hall–Kier alpha value is -1.81. The Labute approximate surface area is 113 Å². The molecule has 3 rings (SSSR count). The Morgan fingerprint density at radius 2 is 2.32 bits per heavy atom. The lowest BCUT2D eigenvalue weighted by atomic mass is 10.1. The number of imidazole rings is 1. The van der Waals surface area contributed by atoms with Crippen LogP contribution in [0.5, 0.6) is 5.75 Å². The van der Waals surface area contributed by atoms with Crippen LogP contribution in [0.15, 0.2) is 30.6 Å². The van der Waals surface area contributed by atoms with Crippen LogP contribution >= 0.6 is 0 Å². The predicted molar refractivity (Wildman–Crippen MR) is 73.8 cm³/mol. The molecule has 0 fully saturated rings. The van der Waals surface area contributed by atoms with Gasteiger partial charge in [-0.05, 0) is 37.1 Å². The molecule has 4 nitrogen and oxygen atoms in total. The Kier molecular flexibility index (Phi) is 3.03. The summed E-state index contributed by atoms with van der Waals surface area (Å²) in [7, 11) is 4.14. The fourth-order valence-corrected chi connectivity index (χ4v) is 2.95. The smallest absolute Gasteiger partial charge is 0.122 e. The molecule has 19 heavy (non-hydrogen) atoms. The van der Waals surface area contributed by atoms with Gasteiger partial charge < -0.3 is 9.67 Å². The molecule has 1 aliphatic carbocycles. The molecule has 1 aromatic carbocycles. The topological polar surface area (TPSA) is 41.3 Å². The number of nitrogens with zero attached hydrogens (tertiary/aromatic N) is 3. The first-order valence-corrected chi connectivity index (χ1v) is 6.64. The molecule has 0 bridgehead atoms. The first-order chi connectivity index (χ1) is 9.16. The van der Waals surface area contributed by atoms with Crippen LogP contribution in [0.4, 0.5) is 0 Å². The van der Waals surface area contributed by atoms with Gasteiger partial charge >= 0.3 is 0 Å². The molecular weight excluding hydrogens is 238 g/mol. The van der Waals surface area contributed by atoms with Crippen LogP contribution in [-0.4, -0.2) is 26.6 Å². The molecule has 100 valence electrons. The van der Waals surface area contributed by atoms with Crippen LogP contribution in [0, 0.1) is 0 Å². The molecule has 1 aliphatic rings. The van der Waals surface area contributed by atoms with Gasteiger partial charge in [0.15, 0.2) is 0 Å². The standard InChI is InChI=1S/C15H19N3O/c1-17-9-8-16-15(17)10-18(2)13-7-6-12-11(13)4-3-5-14(12)19/h3-5,8-9,13,19H,6-7,10H2,1-2H3. The van der Waals surface area contributed by atoms with E-state index in [1.165, 1.54) is 5.56 Å². The quantitative estimate of drug-likeness (QED) is 0.917. The summed E-state index contributed by atoms with van der Waals surface area (Å²) < 4.78 is 2.05. The molecule has 0 saturated carbocycles. The number of aromatic nitrogens is 2. The van der Waals surface area contributed by atoms with E-state index in [4.69, 9.17) is 0 Å². The number of hydrogen-bond donors (Lipinski definition) is 1. The summed E-state index contributed by atoms with van der Waals surface area (Å²) in [5.74, 6) is 1.50. The molecular formula is C15H19N3O. The van der Waals surface area contributed by atoms with Gasteiger partial charge in [0.1, 0.15) is 11.6 Å². The predicted octanol–water partition coefficient (Wildman–Crippen LogP) is 2.25. The summed E-state index contributed by atoms with van der Waals surface area (Å²) in [6, 6.07) is 6.21. The summed E-state index contributed by atoms with van der Waals surface area (Å²) in [4.78, 5) is 6.69. The van der Waals surface area contributed by atoms with Crippen molar-refractivity contribution in [2.24, 2.45) is 7.05 Å². The lowest BCUT2D eigenvalue weighted by molar-refractivity contribution is 0.228. The second-order valence-corrected chi connectivity index (χ2v) is 5.27. The third-order valence-electron chi connectivity index (χ3n) is 4.06. The van der Waals surface area contributed by atoms with E-state index in [2.05, 4.69) is 27.6 Å². The zero-order valence-corrected chi connectivity index (χ0v) is 11.4. The Morgan fingerprint density at radius 3 is 3.05 bits per heavy atom. The van der Waals surface area contributed by atoms with Crippen LogP contribution in [-0.2, 0) is 20.0 Å². The number of benzene rings is 1. The van der Waals surface area contributed by atoms with Crippen molar-refractivity contribution in [2.75, 3.05) is 7.05 Å². The Balaban J connectivity index is 1.82. The summed E-state index contributed by atoms with van der Waals surface area (Å²) in [6.45, 7) is 0.823. The minimum Gasteiger partial charge on any atom is -0.508 e. The number of rotatable bonds is 3. The average Bonchev–Trinajstić information content (AvgIpc) is 2.97. The van der Waals surface area contributed by atoms with Gasteiger partial charge in [-0.15, -0.1) is 0 Å². The van der Waals surface area contributed by atoms with Crippen molar-refractivity contribution in [2.45, 2.75) is 25.4 Å². The van der Waals surface area contributed by atoms with Crippen LogP contribution in [0.25, 0.3) is 0 Å². The van der Waals surface area contributed by atoms with Crippen molar-refractivity contribution in [3.8, 4) is 5.75 Å². The van der Waals surface area contributed by atoms with Crippen molar-refractivity contribution < 1.29 is 5.11 Å². The maximum absolute atomic E-state index is 9.90. The summed E-state index contributed by atoms with van der Waals surface area (Å²) in [5, 5.41) is 9.90. The van der Waals surface area contributed by atoms with Crippen LogP contribution in [0.3, 0.4) is 0 Å². The highest BCUT2D eigenvalue weighted by Crippen LogP contribution is 2.39. The molecule has 4 heteroatoms. The highest BCUT2D eigenvalue weighted by Gasteiger charge is 2.28. The normalized spacial score (nSPS) is 17.9. The van der Waals surface area contributed by atoms with E-state index < -0.39 is 0 Å². The van der Waals surface area contributed by atoms with Gasteiger partial charge in [0.2, 0.25) is 0 Å². The van der Waals surface area contributed by atoms with Crippen LogP contribution < -0.4 is 0 Å². The molecule has 1 heterocycles. The molecule has 1 aromatic heterocycles. The van der Waals surface area contributed by atoms with Gasteiger partial charge in [-0.2, -0.15) is 0 Å². The molecule has 1 atom stereocenters. The van der Waals surface area contributed by atoms with Crippen molar-refractivity contribution >= 4 is 0 Å². The van der Waals surface area contributed by atoms with Crippen molar-refractivity contribution in [1.82, 2.24) is 14.5 Å². The summed E-state index contributed by atoms with van der Waals surface area (Å²) in [6.07, 6.45) is 5.82. The third kappa shape index (κ3) is 2.12. The van der Waals surface area contributed by atoms with Gasteiger partial charge in [0.05, 0.1) is 6.54 Å². The number of hydrogen-bond acceptors (Lipinski definition) is 3. The molecule has 0 aliphatic heterocycles. The molecule has 0 spiro atoms. The number of aromatic hydroxyl groups is 1. The lowest BCUT2D eigenvalue weighted by Crippen LogP contribution is -2.24. The molecule has 2 aromatic rings. The third-order valence-corrected chi connectivity index (χ3v) is 4.06. The van der Waals surface area contributed by atoms with E-state index in [0.717, 1.165) is 30.8 Å². The first-order valence-electron chi connectivity index (χ1n) is 6.64. The minimum atomic E-state index is 0.374. The SMILES string of the molecule is CN(Cc1nccn1C)C1CCc2c(O)cccc21. The highest BCUT2D eigenvalue weighted by molar-refractivity contribution is 5.44. The molecule has 0 saturated heterocycles. The Bertz CT molecular complexity index is 591. The summed E-state index contributed by atoms with van der Waals surface area (Å²) in [5.41, 5.74) is 2.37. The fraction of sp³-hybridized carbons (Fsp3) is 0.400. The maximum atomic E-state index is 9.90. The van der Waals surface area contributed by atoms with E-state index in [1.54, 1.807) is 6.07 Å².